The van der Waals surface area contributed by atoms with E-state index in [-0.39, 0.29) is 11.7 Å². The molecule has 1 amide bonds. The van der Waals surface area contributed by atoms with Crippen LogP contribution in [0.3, 0.4) is 0 Å². The van der Waals surface area contributed by atoms with Gasteiger partial charge >= 0.3 is 0 Å². The van der Waals surface area contributed by atoms with Gasteiger partial charge in [-0.05, 0) is 46.7 Å². The molecule has 1 N–H and O–H groups in total. The van der Waals surface area contributed by atoms with Crippen LogP contribution in [0.2, 0.25) is 0 Å². The summed E-state index contributed by atoms with van der Waals surface area (Å²) in [5.41, 5.74) is 2.90. The number of methoxy groups -OCH3 is 1. The fourth-order valence-corrected chi connectivity index (χ4v) is 4.18. The molecule has 0 saturated carbocycles. The zero-order valence-corrected chi connectivity index (χ0v) is 17.9. The SMILES string of the molecule is COc1cc(/C=C2/SC(=NCc3ccccc3)N(Cc3ccccc3)C2=O)ccc1O. The minimum Gasteiger partial charge on any atom is -0.504 e. The maximum atomic E-state index is 13.2. The van der Waals surface area contributed by atoms with Crippen LogP contribution < -0.4 is 4.74 Å². The number of benzene rings is 3. The van der Waals surface area contributed by atoms with Crippen LogP contribution in [-0.4, -0.2) is 28.2 Å². The fraction of sp³-hybridized carbons (Fsp3) is 0.120. The summed E-state index contributed by atoms with van der Waals surface area (Å²) in [7, 11) is 1.50. The number of nitrogens with zero attached hydrogens (tertiary/aromatic N) is 2. The van der Waals surface area contributed by atoms with Gasteiger partial charge in [0.1, 0.15) is 0 Å². The summed E-state index contributed by atoms with van der Waals surface area (Å²) in [6, 6.07) is 24.9. The van der Waals surface area contributed by atoms with Crippen molar-refractivity contribution in [2.75, 3.05) is 7.11 Å². The largest absolute Gasteiger partial charge is 0.504 e. The first-order valence-electron chi connectivity index (χ1n) is 9.85. The molecule has 5 nitrogen and oxygen atoms in total. The number of aliphatic imine (C=N–C) groups is 1. The highest BCUT2D eigenvalue weighted by molar-refractivity contribution is 8.18. The zero-order valence-electron chi connectivity index (χ0n) is 17.1. The quantitative estimate of drug-likeness (QED) is 0.555. The summed E-state index contributed by atoms with van der Waals surface area (Å²) in [6.07, 6.45) is 1.80. The van der Waals surface area contributed by atoms with Crippen LogP contribution in [0.25, 0.3) is 6.08 Å². The Kier molecular flexibility index (Phi) is 6.38. The molecule has 0 unspecified atom stereocenters. The van der Waals surface area contributed by atoms with Crippen molar-refractivity contribution in [1.29, 1.82) is 0 Å². The van der Waals surface area contributed by atoms with Gasteiger partial charge in [0.15, 0.2) is 16.7 Å². The van der Waals surface area contributed by atoms with E-state index in [1.54, 1.807) is 29.2 Å². The maximum Gasteiger partial charge on any atom is 0.267 e. The Morgan fingerprint density at radius 3 is 2.35 bits per heavy atom. The Labute approximate surface area is 185 Å². The van der Waals surface area contributed by atoms with Gasteiger partial charge in [-0.25, -0.2) is 0 Å². The first kappa shape index (κ1) is 20.8. The number of amidine groups is 1. The average molecular weight is 431 g/mol. The molecule has 1 heterocycles. The molecule has 0 radical (unpaired) electrons. The third-order valence-corrected chi connectivity index (χ3v) is 5.86. The third kappa shape index (κ3) is 4.98. The van der Waals surface area contributed by atoms with E-state index < -0.39 is 0 Å². The molecule has 0 aromatic heterocycles. The first-order valence-corrected chi connectivity index (χ1v) is 10.7. The topological polar surface area (TPSA) is 62.1 Å². The molecular formula is C25H22N2O3S. The van der Waals surface area contributed by atoms with E-state index in [0.29, 0.717) is 28.9 Å². The molecule has 1 aliphatic heterocycles. The smallest absolute Gasteiger partial charge is 0.267 e. The second-order valence-corrected chi connectivity index (χ2v) is 8.01. The van der Waals surface area contributed by atoms with Crippen LogP contribution in [0, 0.1) is 0 Å². The van der Waals surface area contributed by atoms with Crippen molar-refractivity contribution in [3.05, 3.63) is 100 Å². The van der Waals surface area contributed by atoms with Crippen molar-refractivity contribution in [3.8, 4) is 11.5 Å². The lowest BCUT2D eigenvalue weighted by Crippen LogP contribution is -2.28. The van der Waals surface area contributed by atoms with Gasteiger partial charge in [-0.1, -0.05) is 66.7 Å². The number of carbonyl (C=O) groups excluding carboxylic acids is 1. The maximum absolute atomic E-state index is 13.2. The lowest BCUT2D eigenvalue weighted by atomic mass is 10.1. The Morgan fingerprint density at radius 1 is 1.00 bits per heavy atom. The molecule has 1 fully saturated rings. The van der Waals surface area contributed by atoms with Crippen LogP contribution in [-0.2, 0) is 17.9 Å². The summed E-state index contributed by atoms with van der Waals surface area (Å²) in [5, 5.41) is 10.5. The van der Waals surface area contributed by atoms with E-state index in [0.717, 1.165) is 16.7 Å². The number of phenolic OH excluding ortho intramolecular Hbond substituents is 1. The van der Waals surface area contributed by atoms with E-state index in [1.165, 1.54) is 18.9 Å². The summed E-state index contributed by atoms with van der Waals surface area (Å²) in [5.74, 6) is 0.336. The first-order chi connectivity index (χ1) is 15.1. The van der Waals surface area contributed by atoms with Crippen molar-refractivity contribution >= 4 is 28.9 Å². The molecule has 0 aliphatic carbocycles. The second kappa shape index (κ2) is 9.53. The minimum atomic E-state index is -0.0901. The van der Waals surface area contributed by atoms with Gasteiger partial charge in [-0.15, -0.1) is 0 Å². The van der Waals surface area contributed by atoms with E-state index in [4.69, 9.17) is 9.73 Å². The molecular weight excluding hydrogens is 408 g/mol. The number of carbonyl (C=O) groups is 1. The number of amides is 1. The molecule has 3 aromatic carbocycles. The van der Waals surface area contributed by atoms with Crippen LogP contribution >= 0.6 is 11.8 Å². The third-order valence-electron chi connectivity index (χ3n) is 4.81. The monoisotopic (exact) mass is 430 g/mol. The zero-order chi connectivity index (χ0) is 21.6. The highest BCUT2D eigenvalue weighted by atomic mass is 32.2. The lowest BCUT2D eigenvalue weighted by molar-refractivity contribution is -0.122. The Bertz CT molecular complexity index is 1130. The molecule has 6 heteroatoms. The summed E-state index contributed by atoms with van der Waals surface area (Å²) < 4.78 is 5.18. The Hall–Kier alpha value is -3.51. The molecule has 0 bridgehead atoms. The average Bonchev–Trinajstić information content (AvgIpc) is 3.09. The van der Waals surface area contributed by atoms with Crippen molar-refractivity contribution in [3.63, 3.8) is 0 Å². The van der Waals surface area contributed by atoms with Gasteiger partial charge < -0.3 is 9.84 Å². The van der Waals surface area contributed by atoms with Crippen LogP contribution in [0.1, 0.15) is 16.7 Å². The van der Waals surface area contributed by atoms with Crippen molar-refractivity contribution in [2.24, 2.45) is 4.99 Å². The Morgan fingerprint density at radius 2 is 1.68 bits per heavy atom. The van der Waals surface area contributed by atoms with Gasteiger partial charge in [0.25, 0.3) is 5.91 Å². The molecule has 31 heavy (non-hydrogen) atoms. The number of hydrogen-bond donors (Lipinski definition) is 1. The number of aromatic hydroxyl groups is 1. The van der Waals surface area contributed by atoms with Gasteiger partial charge in [0.2, 0.25) is 0 Å². The van der Waals surface area contributed by atoms with Gasteiger partial charge in [-0.2, -0.15) is 0 Å². The number of phenols is 1. The number of rotatable bonds is 6. The molecule has 0 spiro atoms. The van der Waals surface area contributed by atoms with Crippen molar-refractivity contribution in [2.45, 2.75) is 13.1 Å². The predicted octanol–water partition coefficient (Wildman–Crippen LogP) is 5.07. The normalized spacial score (nSPS) is 16.3. The predicted molar refractivity (Wildman–Crippen MR) is 125 cm³/mol. The van der Waals surface area contributed by atoms with E-state index in [9.17, 15) is 9.90 Å². The van der Waals surface area contributed by atoms with Crippen molar-refractivity contribution < 1.29 is 14.6 Å². The highest BCUT2D eigenvalue weighted by Gasteiger charge is 2.33. The van der Waals surface area contributed by atoms with Crippen LogP contribution in [0.15, 0.2) is 88.8 Å². The van der Waals surface area contributed by atoms with E-state index in [2.05, 4.69) is 0 Å². The molecule has 3 aromatic rings. The second-order valence-electron chi connectivity index (χ2n) is 7.00. The van der Waals surface area contributed by atoms with Crippen LogP contribution in [0.4, 0.5) is 0 Å². The summed E-state index contributed by atoms with van der Waals surface area (Å²) in [6.45, 7) is 0.957. The number of thioether (sulfide) groups is 1. The number of hydrogen-bond acceptors (Lipinski definition) is 5. The molecule has 156 valence electrons. The van der Waals surface area contributed by atoms with Gasteiger partial charge in [0.05, 0.1) is 25.1 Å². The Balaban J connectivity index is 1.64. The minimum absolute atomic E-state index is 0.0610. The molecule has 4 rings (SSSR count). The molecule has 1 aliphatic rings. The number of ether oxygens (including phenoxy) is 1. The summed E-state index contributed by atoms with van der Waals surface area (Å²) in [4.78, 5) is 20.3. The van der Waals surface area contributed by atoms with Crippen LogP contribution in [0.5, 0.6) is 11.5 Å². The standard InChI is InChI=1S/C25H22N2O3S/c1-30-22-14-20(12-13-21(22)28)15-23-24(29)27(17-19-10-6-3-7-11-19)25(31-23)26-16-18-8-4-2-5-9-18/h2-15,28H,16-17H2,1H3/b23-15+,26-25?. The van der Waals surface area contributed by atoms with Gasteiger partial charge in [-0.3, -0.25) is 14.7 Å². The van der Waals surface area contributed by atoms with E-state index in [1.807, 2.05) is 60.7 Å². The molecule has 0 atom stereocenters. The highest BCUT2D eigenvalue weighted by Crippen LogP contribution is 2.35. The van der Waals surface area contributed by atoms with Crippen molar-refractivity contribution in [1.82, 2.24) is 4.90 Å². The molecule has 1 saturated heterocycles. The van der Waals surface area contributed by atoms with Gasteiger partial charge in [0, 0.05) is 0 Å². The fourth-order valence-electron chi connectivity index (χ4n) is 3.21. The van der Waals surface area contributed by atoms with E-state index >= 15 is 0 Å². The summed E-state index contributed by atoms with van der Waals surface area (Å²) >= 11 is 1.36. The lowest BCUT2D eigenvalue weighted by Gasteiger charge is -2.15.